The molecule has 3 N–H and O–H groups in total. The second-order valence-electron chi connectivity index (χ2n) is 9.70. The van der Waals surface area contributed by atoms with E-state index in [4.69, 9.17) is 5.11 Å². The predicted molar refractivity (Wildman–Crippen MR) is 111 cm³/mol. The Bertz CT molecular complexity index is 585. The molecule has 0 aromatic carbocycles. The van der Waals surface area contributed by atoms with Gasteiger partial charge >= 0.3 is 5.97 Å². The molecule has 158 valence electrons. The van der Waals surface area contributed by atoms with Gasteiger partial charge in [-0.3, -0.25) is 4.79 Å². The lowest BCUT2D eigenvalue weighted by molar-refractivity contribution is -0.137. The summed E-state index contributed by atoms with van der Waals surface area (Å²) in [6.45, 7) is 4.52. The van der Waals surface area contributed by atoms with Crippen LogP contribution in [0.1, 0.15) is 71.6 Å². The predicted octanol–water partition coefficient (Wildman–Crippen LogP) is 4.56. The number of fused-ring (bicyclic) bond motifs is 1. The van der Waals surface area contributed by atoms with Crippen molar-refractivity contribution in [3.63, 3.8) is 0 Å². The Morgan fingerprint density at radius 1 is 1.21 bits per heavy atom. The first-order valence-electron chi connectivity index (χ1n) is 11.3. The second kappa shape index (κ2) is 9.58. The van der Waals surface area contributed by atoms with Gasteiger partial charge < -0.3 is 15.3 Å². The molecule has 3 saturated carbocycles. The number of hydrogen-bond acceptors (Lipinski definition) is 3. The molecular formula is C24H38O4. The number of rotatable bonds is 7. The summed E-state index contributed by atoms with van der Waals surface area (Å²) in [5, 5.41) is 30.1. The molecule has 0 spiro atoms. The Kier molecular flexibility index (Phi) is 7.38. The highest BCUT2D eigenvalue weighted by atomic mass is 16.4. The second-order valence-corrected chi connectivity index (χ2v) is 9.70. The van der Waals surface area contributed by atoms with Crippen LogP contribution in [0, 0.1) is 35.5 Å². The molecule has 7 atom stereocenters. The quantitative estimate of drug-likeness (QED) is 0.440. The van der Waals surface area contributed by atoms with Crippen molar-refractivity contribution in [2.45, 2.75) is 83.8 Å². The van der Waals surface area contributed by atoms with Gasteiger partial charge in [-0.1, -0.05) is 56.9 Å². The average molecular weight is 391 g/mol. The minimum absolute atomic E-state index is 0.138. The Balaban J connectivity index is 1.57. The highest BCUT2D eigenvalue weighted by molar-refractivity contribution is 5.66. The molecule has 0 amide bonds. The van der Waals surface area contributed by atoms with Gasteiger partial charge in [0.15, 0.2) is 0 Å². The first-order chi connectivity index (χ1) is 13.4. The van der Waals surface area contributed by atoms with E-state index in [1.807, 2.05) is 6.08 Å². The topological polar surface area (TPSA) is 77.8 Å². The maximum absolute atomic E-state index is 10.8. The third-order valence-electron chi connectivity index (χ3n) is 7.70. The smallest absolute Gasteiger partial charge is 0.303 e. The van der Waals surface area contributed by atoms with Crippen LogP contribution in [0.2, 0.25) is 0 Å². The van der Waals surface area contributed by atoms with Crippen LogP contribution in [-0.2, 0) is 4.79 Å². The molecule has 3 fully saturated rings. The lowest BCUT2D eigenvalue weighted by Gasteiger charge is -2.37. The van der Waals surface area contributed by atoms with Gasteiger partial charge in [0, 0.05) is 12.3 Å². The largest absolute Gasteiger partial charge is 0.481 e. The first-order valence-corrected chi connectivity index (χ1v) is 11.3. The van der Waals surface area contributed by atoms with Crippen LogP contribution in [0.3, 0.4) is 0 Å². The van der Waals surface area contributed by atoms with E-state index in [0.717, 1.165) is 25.7 Å². The third-order valence-corrected chi connectivity index (χ3v) is 7.70. The van der Waals surface area contributed by atoms with E-state index < -0.39 is 12.1 Å². The van der Waals surface area contributed by atoms with Crippen LogP contribution < -0.4 is 0 Å². The van der Waals surface area contributed by atoms with Crippen molar-refractivity contribution in [1.82, 2.24) is 0 Å². The molecule has 0 radical (unpaired) electrons. The molecule has 28 heavy (non-hydrogen) atoms. The minimum atomic E-state index is -0.727. The number of hydrogen-bond donors (Lipinski definition) is 3. The zero-order valence-electron chi connectivity index (χ0n) is 17.5. The third kappa shape index (κ3) is 5.07. The molecule has 0 aromatic rings. The standard InChI is InChI=1S/C24H38O4/c1-15-6-5-7-16(2)24(15)21(25)11-10-19-20-13-17(8-3-4-9-23(27)28)12-18(20)14-22(19)26/h8,10-11,15-16,18-22,24-26H,3-7,9,12-14H2,1-2H3,(H,27,28)/b11-10+,17-8+/t15?,16?,18-,19-,20+,21+,22-,24?/m1/s1. The zero-order valence-corrected chi connectivity index (χ0v) is 17.5. The number of carboxylic acids is 1. The molecule has 3 aliphatic rings. The molecule has 0 saturated heterocycles. The number of unbranched alkanes of at least 4 members (excludes halogenated alkanes) is 1. The maximum Gasteiger partial charge on any atom is 0.303 e. The van der Waals surface area contributed by atoms with Crippen molar-refractivity contribution in [3.05, 3.63) is 23.8 Å². The molecule has 3 rings (SSSR count). The van der Waals surface area contributed by atoms with Gasteiger partial charge in [0.25, 0.3) is 0 Å². The van der Waals surface area contributed by atoms with Crippen molar-refractivity contribution in [2.75, 3.05) is 0 Å². The zero-order chi connectivity index (χ0) is 20.3. The number of aliphatic carboxylic acids is 1. The number of carbonyl (C=O) groups is 1. The van der Waals surface area contributed by atoms with E-state index in [-0.39, 0.29) is 18.4 Å². The lowest BCUT2D eigenvalue weighted by Crippen LogP contribution is -2.34. The molecule has 0 heterocycles. The van der Waals surface area contributed by atoms with Crippen molar-refractivity contribution < 1.29 is 20.1 Å². The molecular weight excluding hydrogens is 352 g/mol. The fraction of sp³-hybridized carbons (Fsp3) is 0.792. The van der Waals surface area contributed by atoms with Crippen molar-refractivity contribution >= 4 is 5.97 Å². The Labute approximate surface area is 169 Å². The van der Waals surface area contributed by atoms with Gasteiger partial charge in [-0.15, -0.1) is 0 Å². The Morgan fingerprint density at radius 2 is 1.93 bits per heavy atom. The molecule has 0 aromatic heterocycles. The van der Waals surface area contributed by atoms with Gasteiger partial charge in [0.05, 0.1) is 12.2 Å². The molecule has 4 nitrogen and oxygen atoms in total. The monoisotopic (exact) mass is 390 g/mol. The van der Waals surface area contributed by atoms with E-state index >= 15 is 0 Å². The van der Waals surface area contributed by atoms with Gasteiger partial charge in [-0.05, 0) is 61.7 Å². The first kappa shape index (κ1) is 21.6. The molecule has 4 heteroatoms. The van der Waals surface area contributed by atoms with Gasteiger partial charge in [0.1, 0.15) is 0 Å². The summed E-state index contributed by atoms with van der Waals surface area (Å²) >= 11 is 0. The summed E-state index contributed by atoms with van der Waals surface area (Å²) in [6, 6.07) is 0. The van der Waals surface area contributed by atoms with Crippen molar-refractivity contribution in [2.24, 2.45) is 35.5 Å². The normalized spacial score (nSPS) is 40.9. The summed E-state index contributed by atoms with van der Waals surface area (Å²) in [5.41, 5.74) is 1.43. The molecule has 0 bridgehead atoms. The Hall–Kier alpha value is -1.13. The summed E-state index contributed by atoms with van der Waals surface area (Å²) in [6.07, 6.45) is 13.9. The highest BCUT2D eigenvalue weighted by Crippen LogP contribution is 2.50. The Morgan fingerprint density at radius 3 is 2.61 bits per heavy atom. The number of aliphatic hydroxyl groups excluding tert-OH is 2. The molecule has 3 aliphatic carbocycles. The van der Waals surface area contributed by atoms with E-state index in [1.165, 1.54) is 24.8 Å². The van der Waals surface area contributed by atoms with Gasteiger partial charge in [0.2, 0.25) is 0 Å². The average Bonchev–Trinajstić information content (AvgIpc) is 3.13. The summed E-state index contributed by atoms with van der Waals surface area (Å²) in [5.74, 6) is 1.83. The van der Waals surface area contributed by atoms with Crippen LogP contribution >= 0.6 is 0 Å². The van der Waals surface area contributed by atoms with E-state index in [9.17, 15) is 15.0 Å². The van der Waals surface area contributed by atoms with Crippen molar-refractivity contribution in [3.8, 4) is 0 Å². The van der Waals surface area contributed by atoms with Gasteiger partial charge in [-0.2, -0.15) is 0 Å². The van der Waals surface area contributed by atoms with Crippen LogP contribution in [-0.4, -0.2) is 33.5 Å². The number of aliphatic hydroxyl groups is 2. The lowest BCUT2D eigenvalue weighted by atomic mass is 9.71. The van der Waals surface area contributed by atoms with E-state index in [0.29, 0.717) is 36.0 Å². The van der Waals surface area contributed by atoms with Crippen LogP contribution in [0.5, 0.6) is 0 Å². The number of allylic oxidation sites excluding steroid dienone is 2. The van der Waals surface area contributed by atoms with Crippen LogP contribution in [0.4, 0.5) is 0 Å². The maximum atomic E-state index is 10.8. The van der Waals surface area contributed by atoms with Gasteiger partial charge in [-0.25, -0.2) is 0 Å². The molecule has 2 unspecified atom stereocenters. The fourth-order valence-corrected chi connectivity index (χ4v) is 6.25. The van der Waals surface area contributed by atoms with Crippen molar-refractivity contribution in [1.29, 1.82) is 0 Å². The summed E-state index contributed by atoms with van der Waals surface area (Å²) < 4.78 is 0. The number of carboxylic acid groups (broad SMARTS) is 1. The fourth-order valence-electron chi connectivity index (χ4n) is 6.25. The summed E-state index contributed by atoms with van der Waals surface area (Å²) in [7, 11) is 0. The minimum Gasteiger partial charge on any atom is -0.481 e. The van der Waals surface area contributed by atoms with E-state index in [1.54, 1.807) is 0 Å². The SMILES string of the molecule is CC1CCCC(C)C1[C@@H](O)/C=C/[C@@H]1[C@H]2C/C(=C/CCCC(=O)O)C[C@@H]2C[C@H]1O. The van der Waals surface area contributed by atoms with Crippen LogP contribution in [0.25, 0.3) is 0 Å². The molecule has 0 aliphatic heterocycles. The summed E-state index contributed by atoms with van der Waals surface area (Å²) in [4.78, 5) is 10.6. The highest BCUT2D eigenvalue weighted by Gasteiger charge is 2.45. The van der Waals surface area contributed by atoms with E-state index in [2.05, 4.69) is 26.0 Å². The van der Waals surface area contributed by atoms with Crippen LogP contribution in [0.15, 0.2) is 23.8 Å².